The molecule has 0 heterocycles. The van der Waals surface area contributed by atoms with Gasteiger partial charge in [-0.1, -0.05) is 6.08 Å². The van der Waals surface area contributed by atoms with Crippen molar-refractivity contribution in [2.45, 2.75) is 6.92 Å². The van der Waals surface area contributed by atoms with Crippen LogP contribution < -0.4 is 0 Å². The zero-order valence-electron chi connectivity index (χ0n) is 7.87. The molecule has 0 atom stereocenters. The van der Waals surface area contributed by atoms with Gasteiger partial charge in [0.2, 0.25) is 0 Å². The first-order valence-electron chi connectivity index (χ1n) is 3.62. The van der Waals surface area contributed by atoms with Crippen LogP contribution in [0.4, 0.5) is 0 Å². The van der Waals surface area contributed by atoms with Crippen LogP contribution in [0.1, 0.15) is 6.92 Å². The van der Waals surface area contributed by atoms with E-state index < -0.39 is 11.9 Å². The van der Waals surface area contributed by atoms with Crippen LogP contribution in [0.25, 0.3) is 0 Å². The molecule has 0 aromatic rings. The molecule has 0 radical (unpaired) electrons. The molecule has 0 aliphatic heterocycles. The topological polar surface area (TPSA) is 52.6 Å². The normalized spacial score (nSPS) is 11.5. The fraction of sp³-hybridized carbons (Fsp3) is 0.333. The Bertz CT molecular complexity index is 250. The summed E-state index contributed by atoms with van der Waals surface area (Å²) in [6.07, 6.45) is 3.98. The first-order valence-corrected chi connectivity index (χ1v) is 3.62. The van der Waals surface area contributed by atoms with Gasteiger partial charge in [-0.05, 0) is 12.5 Å². The molecular weight excluding hydrogens is 172 g/mol. The van der Waals surface area contributed by atoms with Gasteiger partial charge in [-0.3, -0.25) is 0 Å². The van der Waals surface area contributed by atoms with Crippen molar-refractivity contribution in [1.29, 1.82) is 0 Å². The maximum Gasteiger partial charge on any atom is 0.330 e. The van der Waals surface area contributed by atoms with Gasteiger partial charge >= 0.3 is 11.9 Å². The number of esters is 2. The predicted octanol–water partition coefficient (Wildman–Crippen LogP) is 0.835. The van der Waals surface area contributed by atoms with Gasteiger partial charge in [-0.15, -0.1) is 0 Å². The third-order valence-corrected chi connectivity index (χ3v) is 1.23. The number of ether oxygens (including phenoxy) is 2. The van der Waals surface area contributed by atoms with Crippen LogP contribution in [0.15, 0.2) is 23.8 Å². The number of methoxy groups -OCH3 is 2. The molecule has 0 fully saturated rings. The molecule has 0 spiro atoms. The SMILES string of the molecule is COC(=O)/C=C\C(C)=C/C(=O)OC. The van der Waals surface area contributed by atoms with Crippen LogP contribution >= 0.6 is 0 Å². The Balaban J connectivity index is 4.21. The van der Waals surface area contributed by atoms with E-state index in [4.69, 9.17) is 0 Å². The summed E-state index contributed by atoms with van der Waals surface area (Å²) in [4.78, 5) is 21.3. The summed E-state index contributed by atoms with van der Waals surface area (Å²) in [7, 11) is 2.57. The third kappa shape index (κ3) is 5.66. The van der Waals surface area contributed by atoms with E-state index in [1.807, 2.05) is 0 Å². The van der Waals surface area contributed by atoms with Crippen molar-refractivity contribution in [1.82, 2.24) is 0 Å². The Hall–Kier alpha value is -1.58. The quantitative estimate of drug-likeness (QED) is 0.370. The van der Waals surface area contributed by atoms with Gasteiger partial charge in [-0.25, -0.2) is 9.59 Å². The highest BCUT2D eigenvalue weighted by atomic mass is 16.5. The minimum atomic E-state index is -0.461. The molecule has 0 saturated carbocycles. The molecule has 72 valence electrons. The van der Waals surface area contributed by atoms with Crippen molar-refractivity contribution in [3.05, 3.63) is 23.8 Å². The molecule has 0 bridgehead atoms. The molecule has 13 heavy (non-hydrogen) atoms. The standard InChI is InChI=1S/C9H12O4/c1-7(6-9(11)13-3)4-5-8(10)12-2/h4-6H,1-3H3/b5-4-,7-6-. The second kappa shape index (κ2) is 5.99. The molecule has 0 saturated heterocycles. The van der Waals surface area contributed by atoms with Gasteiger partial charge in [0.1, 0.15) is 0 Å². The highest BCUT2D eigenvalue weighted by Gasteiger charge is 1.94. The van der Waals surface area contributed by atoms with Crippen molar-refractivity contribution >= 4 is 11.9 Å². The minimum absolute atomic E-state index is 0.452. The van der Waals surface area contributed by atoms with E-state index in [0.717, 1.165) is 0 Å². The van der Waals surface area contributed by atoms with Crippen molar-refractivity contribution < 1.29 is 19.1 Å². The summed E-state index contributed by atoms with van der Waals surface area (Å²) in [5.74, 6) is -0.912. The highest BCUT2D eigenvalue weighted by Crippen LogP contribution is 1.95. The largest absolute Gasteiger partial charge is 0.466 e. The van der Waals surface area contributed by atoms with Gasteiger partial charge in [0, 0.05) is 12.2 Å². The second-order valence-corrected chi connectivity index (χ2v) is 2.27. The molecule has 0 unspecified atom stereocenters. The van der Waals surface area contributed by atoms with E-state index >= 15 is 0 Å². The molecule has 0 aliphatic rings. The second-order valence-electron chi connectivity index (χ2n) is 2.27. The van der Waals surface area contributed by atoms with Crippen LogP contribution in [0.5, 0.6) is 0 Å². The average molecular weight is 184 g/mol. The molecule has 0 rings (SSSR count). The Morgan fingerprint density at radius 1 is 1.00 bits per heavy atom. The first kappa shape index (κ1) is 11.4. The van der Waals surface area contributed by atoms with Crippen molar-refractivity contribution in [2.24, 2.45) is 0 Å². The zero-order valence-corrected chi connectivity index (χ0v) is 7.87. The number of carbonyl (C=O) groups is 2. The summed E-state index contributed by atoms with van der Waals surface area (Å²) in [6, 6.07) is 0. The number of rotatable bonds is 3. The van der Waals surface area contributed by atoms with Crippen molar-refractivity contribution in [3.8, 4) is 0 Å². The van der Waals surface area contributed by atoms with Crippen LogP contribution in [-0.4, -0.2) is 26.2 Å². The summed E-state index contributed by atoms with van der Waals surface area (Å²) in [6.45, 7) is 1.68. The summed E-state index contributed by atoms with van der Waals surface area (Å²) in [5, 5.41) is 0. The third-order valence-electron chi connectivity index (χ3n) is 1.23. The Labute approximate surface area is 76.8 Å². The van der Waals surface area contributed by atoms with Gasteiger partial charge < -0.3 is 9.47 Å². The lowest BCUT2D eigenvalue weighted by molar-refractivity contribution is -0.135. The van der Waals surface area contributed by atoms with Crippen LogP contribution in [0, 0.1) is 0 Å². The highest BCUT2D eigenvalue weighted by molar-refractivity contribution is 5.85. The zero-order chi connectivity index (χ0) is 10.3. The lowest BCUT2D eigenvalue weighted by atomic mass is 10.2. The number of hydrogen-bond acceptors (Lipinski definition) is 4. The predicted molar refractivity (Wildman–Crippen MR) is 46.9 cm³/mol. The number of carbonyl (C=O) groups excluding carboxylic acids is 2. The fourth-order valence-electron chi connectivity index (χ4n) is 0.560. The maximum atomic E-state index is 10.7. The molecule has 0 N–H and O–H groups in total. The molecule has 0 amide bonds. The van der Waals surface area contributed by atoms with E-state index in [0.29, 0.717) is 5.57 Å². The van der Waals surface area contributed by atoms with Crippen LogP contribution in [0.2, 0.25) is 0 Å². The Kier molecular flexibility index (Phi) is 5.27. The van der Waals surface area contributed by atoms with Gasteiger partial charge in [0.15, 0.2) is 0 Å². The van der Waals surface area contributed by atoms with E-state index in [9.17, 15) is 9.59 Å². The van der Waals surface area contributed by atoms with Crippen LogP contribution in [-0.2, 0) is 19.1 Å². The van der Waals surface area contributed by atoms with Crippen molar-refractivity contribution in [3.63, 3.8) is 0 Å². The van der Waals surface area contributed by atoms with Crippen LogP contribution in [0.3, 0.4) is 0 Å². The summed E-state index contributed by atoms with van der Waals surface area (Å²) in [5.41, 5.74) is 0.622. The van der Waals surface area contributed by atoms with Gasteiger partial charge in [-0.2, -0.15) is 0 Å². The Morgan fingerprint density at radius 3 is 2.00 bits per heavy atom. The molecule has 0 aromatic heterocycles. The van der Waals surface area contributed by atoms with Crippen molar-refractivity contribution in [2.75, 3.05) is 14.2 Å². The number of allylic oxidation sites excluding steroid dienone is 2. The van der Waals surface area contributed by atoms with E-state index in [1.165, 1.54) is 32.4 Å². The minimum Gasteiger partial charge on any atom is -0.466 e. The summed E-state index contributed by atoms with van der Waals surface area (Å²) < 4.78 is 8.75. The van der Waals surface area contributed by atoms with E-state index in [-0.39, 0.29) is 0 Å². The average Bonchev–Trinajstić information content (AvgIpc) is 2.13. The number of hydrogen-bond donors (Lipinski definition) is 0. The molecule has 0 aromatic carbocycles. The Morgan fingerprint density at radius 2 is 1.54 bits per heavy atom. The molecular formula is C9H12O4. The smallest absolute Gasteiger partial charge is 0.330 e. The lowest BCUT2D eigenvalue weighted by Crippen LogP contribution is -1.96. The maximum absolute atomic E-state index is 10.7. The fourth-order valence-corrected chi connectivity index (χ4v) is 0.560. The molecule has 0 aliphatic carbocycles. The summed E-state index contributed by atoms with van der Waals surface area (Å²) >= 11 is 0. The van der Waals surface area contributed by atoms with Gasteiger partial charge in [0.25, 0.3) is 0 Å². The van der Waals surface area contributed by atoms with E-state index in [2.05, 4.69) is 9.47 Å². The lowest BCUT2D eigenvalue weighted by Gasteiger charge is -1.92. The first-order chi connectivity index (χ1) is 6.10. The molecule has 4 heteroatoms. The monoisotopic (exact) mass is 184 g/mol. The molecule has 4 nitrogen and oxygen atoms in total. The van der Waals surface area contributed by atoms with E-state index in [1.54, 1.807) is 6.92 Å². The van der Waals surface area contributed by atoms with Gasteiger partial charge in [0.05, 0.1) is 14.2 Å².